The number of nitrogens with zero attached hydrogens (tertiary/aromatic N) is 1. The Kier molecular flexibility index (Phi) is 4.86. The molecule has 1 N–H and O–H groups in total. The van der Waals surface area contributed by atoms with E-state index in [1.807, 2.05) is 0 Å². The van der Waals surface area contributed by atoms with Crippen molar-refractivity contribution in [2.45, 2.75) is 55.8 Å². The molecule has 0 bridgehead atoms. The maximum absolute atomic E-state index is 10.7. The smallest absolute Gasteiger partial charge is 0.0817 e. The Morgan fingerprint density at radius 1 is 1.00 bits per heavy atom. The molecule has 0 radical (unpaired) electrons. The summed E-state index contributed by atoms with van der Waals surface area (Å²) in [7, 11) is 2.15. The zero-order chi connectivity index (χ0) is 14.8. The topological polar surface area (TPSA) is 51.2 Å². The minimum Gasteiger partial charge on any atom is -0.388 e. The van der Waals surface area contributed by atoms with Gasteiger partial charge in [0.25, 0.3) is 0 Å². The lowest BCUT2D eigenvalue weighted by Gasteiger charge is -2.47. The van der Waals surface area contributed by atoms with Crippen LogP contribution in [0.1, 0.15) is 38.5 Å². The summed E-state index contributed by atoms with van der Waals surface area (Å²) in [5.74, 6) is 0. The Bertz CT molecular complexity index is 332. The highest BCUT2D eigenvalue weighted by atomic mass is 16.5. The van der Waals surface area contributed by atoms with E-state index in [0.717, 1.165) is 64.9 Å². The van der Waals surface area contributed by atoms with Crippen molar-refractivity contribution in [3.63, 3.8) is 0 Å². The maximum Gasteiger partial charge on any atom is 0.0817 e. The van der Waals surface area contributed by atoms with Crippen molar-refractivity contribution >= 4 is 0 Å². The van der Waals surface area contributed by atoms with Crippen LogP contribution >= 0.6 is 0 Å². The van der Waals surface area contributed by atoms with E-state index in [-0.39, 0.29) is 5.60 Å². The summed E-state index contributed by atoms with van der Waals surface area (Å²) in [6, 6.07) is 0.503. The first-order valence-corrected chi connectivity index (χ1v) is 8.33. The summed E-state index contributed by atoms with van der Waals surface area (Å²) in [5, 5.41) is 10.7. The van der Waals surface area contributed by atoms with Crippen LogP contribution in [0.2, 0.25) is 0 Å². The molecule has 1 unspecified atom stereocenters. The summed E-state index contributed by atoms with van der Waals surface area (Å²) in [5.41, 5.74) is -0.554. The molecule has 0 aromatic rings. The molecule has 1 spiro atoms. The van der Waals surface area contributed by atoms with Gasteiger partial charge in [-0.25, -0.2) is 0 Å². The highest BCUT2D eigenvalue weighted by molar-refractivity contribution is 4.94. The molecule has 3 fully saturated rings. The van der Waals surface area contributed by atoms with Crippen molar-refractivity contribution in [3.05, 3.63) is 0 Å². The largest absolute Gasteiger partial charge is 0.388 e. The molecule has 0 aromatic carbocycles. The van der Waals surface area contributed by atoms with Crippen molar-refractivity contribution < 1.29 is 19.3 Å². The van der Waals surface area contributed by atoms with Crippen LogP contribution in [0.4, 0.5) is 0 Å². The normalized spacial score (nSPS) is 32.4. The summed E-state index contributed by atoms with van der Waals surface area (Å²) < 4.78 is 17.0. The van der Waals surface area contributed by atoms with E-state index in [9.17, 15) is 5.11 Å². The lowest BCUT2D eigenvalue weighted by atomic mass is 9.83. The molecule has 0 aliphatic carbocycles. The van der Waals surface area contributed by atoms with E-state index in [0.29, 0.717) is 19.3 Å². The van der Waals surface area contributed by atoms with Crippen LogP contribution in [0.15, 0.2) is 0 Å². The van der Waals surface area contributed by atoms with Crippen LogP contribution in [-0.2, 0) is 14.2 Å². The minimum absolute atomic E-state index is 0.0215. The Balaban J connectivity index is 1.57. The average molecular weight is 299 g/mol. The molecule has 1 atom stereocenters. The van der Waals surface area contributed by atoms with Crippen molar-refractivity contribution in [1.29, 1.82) is 0 Å². The van der Waals surface area contributed by atoms with E-state index in [4.69, 9.17) is 14.2 Å². The zero-order valence-electron chi connectivity index (χ0n) is 13.2. The van der Waals surface area contributed by atoms with Gasteiger partial charge in [0.2, 0.25) is 0 Å². The van der Waals surface area contributed by atoms with Crippen LogP contribution < -0.4 is 0 Å². The molecule has 3 aliphatic heterocycles. The van der Waals surface area contributed by atoms with Gasteiger partial charge in [-0.3, -0.25) is 0 Å². The number of hydrogen-bond donors (Lipinski definition) is 1. The van der Waals surface area contributed by atoms with Crippen molar-refractivity contribution in [2.24, 2.45) is 0 Å². The fourth-order valence-electron chi connectivity index (χ4n) is 3.97. The van der Waals surface area contributed by atoms with Crippen molar-refractivity contribution in [2.75, 3.05) is 46.6 Å². The first kappa shape index (κ1) is 15.7. The lowest BCUT2D eigenvalue weighted by Crippen LogP contribution is -2.54. The molecule has 0 amide bonds. The first-order valence-electron chi connectivity index (χ1n) is 8.33. The Morgan fingerprint density at radius 2 is 1.62 bits per heavy atom. The Labute approximate surface area is 127 Å². The maximum atomic E-state index is 10.7. The van der Waals surface area contributed by atoms with Gasteiger partial charge in [0, 0.05) is 58.5 Å². The SMILES string of the molecule is CN(CC1(O)CCOCC1)C1CCOC2(CCOCC2)C1. The summed E-state index contributed by atoms with van der Waals surface area (Å²) >= 11 is 0. The van der Waals surface area contributed by atoms with E-state index < -0.39 is 5.60 Å². The molecule has 0 aromatic heterocycles. The average Bonchev–Trinajstić information content (AvgIpc) is 2.48. The molecule has 122 valence electrons. The molecule has 3 rings (SSSR count). The van der Waals surface area contributed by atoms with E-state index >= 15 is 0 Å². The number of ether oxygens (including phenoxy) is 3. The second kappa shape index (κ2) is 6.50. The third-order valence-corrected chi connectivity index (χ3v) is 5.46. The molecule has 3 heterocycles. The van der Waals surface area contributed by atoms with Gasteiger partial charge < -0.3 is 24.2 Å². The molecule has 0 saturated carbocycles. The van der Waals surface area contributed by atoms with Crippen LogP contribution in [0.3, 0.4) is 0 Å². The molecule has 3 aliphatic rings. The molecule has 3 saturated heterocycles. The van der Waals surface area contributed by atoms with Gasteiger partial charge in [-0.2, -0.15) is 0 Å². The molecule has 21 heavy (non-hydrogen) atoms. The van der Waals surface area contributed by atoms with Gasteiger partial charge in [-0.15, -0.1) is 0 Å². The van der Waals surface area contributed by atoms with Gasteiger partial charge in [0.05, 0.1) is 11.2 Å². The molecular formula is C16H29NO4. The zero-order valence-corrected chi connectivity index (χ0v) is 13.2. The predicted molar refractivity (Wildman–Crippen MR) is 79.4 cm³/mol. The van der Waals surface area contributed by atoms with Crippen LogP contribution in [0, 0.1) is 0 Å². The van der Waals surface area contributed by atoms with Gasteiger partial charge in [0.1, 0.15) is 0 Å². The summed E-state index contributed by atoms with van der Waals surface area (Å²) in [6.45, 7) is 4.57. The van der Waals surface area contributed by atoms with Gasteiger partial charge >= 0.3 is 0 Å². The molecular weight excluding hydrogens is 270 g/mol. The summed E-state index contributed by atoms with van der Waals surface area (Å²) in [4.78, 5) is 2.35. The Hall–Kier alpha value is -0.200. The molecule has 5 nitrogen and oxygen atoms in total. The highest BCUT2D eigenvalue weighted by Crippen LogP contribution is 2.36. The van der Waals surface area contributed by atoms with Crippen molar-refractivity contribution in [1.82, 2.24) is 4.90 Å². The number of hydrogen-bond acceptors (Lipinski definition) is 5. The fraction of sp³-hybridized carbons (Fsp3) is 1.00. The number of rotatable bonds is 3. The first-order chi connectivity index (χ1) is 10.1. The van der Waals surface area contributed by atoms with Gasteiger partial charge in [0.15, 0.2) is 0 Å². The third-order valence-electron chi connectivity index (χ3n) is 5.46. The molecule has 5 heteroatoms. The van der Waals surface area contributed by atoms with E-state index in [2.05, 4.69) is 11.9 Å². The van der Waals surface area contributed by atoms with Gasteiger partial charge in [-0.1, -0.05) is 0 Å². The number of aliphatic hydroxyl groups is 1. The third kappa shape index (κ3) is 3.77. The second-order valence-electron chi connectivity index (χ2n) is 7.04. The van der Waals surface area contributed by atoms with Crippen LogP contribution in [-0.4, -0.2) is 73.9 Å². The van der Waals surface area contributed by atoms with E-state index in [1.54, 1.807) is 0 Å². The van der Waals surface area contributed by atoms with Crippen LogP contribution in [0.25, 0.3) is 0 Å². The lowest BCUT2D eigenvalue weighted by molar-refractivity contribution is -0.156. The highest BCUT2D eigenvalue weighted by Gasteiger charge is 2.41. The number of likely N-dealkylation sites (N-methyl/N-ethyl adjacent to an activating group) is 1. The second-order valence-corrected chi connectivity index (χ2v) is 7.04. The van der Waals surface area contributed by atoms with Gasteiger partial charge in [-0.05, 0) is 32.7 Å². The van der Waals surface area contributed by atoms with Crippen LogP contribution in [0.5, 0.6) is 0 Å². The van der Waals surface area contributed by atoms with E-state index in [1.165, 1.54) is 0 Å². The Morgan fingerprint density at radius 3 is 2.29 bits per heavy atom. The predicted octanol–water partition coefficient (Wildman–Crippen LogP) is 1.19. The quantitative estimate of drug-likeness (QED) is 0.848. The standard InChI is InChI=1S/C16H29NO4/c1-17(13-15(18)3-8-19-9-4-15)14-2-7-21-16(12-14)5-10-20-11-6-16/h14,18H,2-13H2,1H3. The monoisotopic (exact) mass is 299 g/mol. The van der Waals surface area contributed by atoms with Crippen molar-refractivity contribution in [3.8, 4) is 0 Å². The fourth-order valence-corrected chi connectivity index (χ4v) is 3.97. The summed E-state index contributed by atoms with van der Waals surface area (Å²) in [6.07, 6.45) is 5.65. The minimum atomic E-state index is -0.575.